The predicted molar refractivity (Wildman–Crippen MR) is 89.7 cm³/mol. The Labute approximate surface area is 140 Å². The first kappa shape index (κ1) is 16.1. The summed E-state index contributed by atoms with van der Waals surface area (Å²) in [7, 11) is 1.69. The van der Waals surface area contributed by atoms with Gasteiger partial charge in [-0.15, -0.1) is 0 Å². The second-order valence-corrected chi connectivity index (χ2v) is 6.62. The number of piperidine rings is 1. The molecule has 1 aliphatic heterocycles. The van der Waals surface area contributed by atoms with Crippen LogP contribution < -0.4 is 0 Å². The van der Waals surface area contributed by atoms with Gasteiger partial charge in [0.2, 0.25) is 0 Å². The van der Waals surface area contributed by atoms with Gasteiger partial charge in [0.25, 0.3) is 5.91 Å². The van der Waals surface area contributed by atoms with Crippen LogP contribution in [0.2, 0.25) is 0 Å². The number of hydrogen-bond donors (Lipinski definition) is 0. The van der Waals surface area contributed by atoms with Gasteiger partial charge in [0.05, 0.1) is 17.9 Å². The predicted octanol–water partition coefficient (Wildman–Crippen LogP) is 3.01. The van der Waals surface area contributed by atoms with Crippen molar-refractivity contribution >= 4 is 17.2 Å². The Morgan fingerprint density at radius 3 is 2.87 bits per heavy atom. The maximum Gasteiger partial charge on any atom is 0.254 e. The zero-order chi connectivity index (χ0) is 16.2. The van der Waals surface area contributed by atoms with Crippen LogP contribution in [-0.2, 0) is 11.3 Å². The lowest BCUT2D eigenvalue weighted by Gasteiger charge is -2.32. The first-order valence-electron chi connectivity index (χ1n) is 7.82. The summed E-state index contributed by atoms with van der Waals surface area (Å²) < 4.78 is 5.26. The van der Waals surface area contributed by atoms with E-state index in [0.29, 0.717) is 12.5 Å². The van der Waals surface area contributed by atoms with Crippen LogP contribution in [0.4, 0.5) is 0 Å². The van der Waals surface area contributed by atoms with Gasteiger partial charge < -0.3 is 9.64 Å². The van der Waals surface area contributed by atoms with E-state index in [-0.39, 0.29) is 5.91 Å². The Balaban J connectivity index is 1.69. The van der Waals surface area contributed by atoms with E-state index < -0.39 is 0 Å². The average Bonchev–Trinajstić information content (AvgIpc) is 3.11. The first-order valence-corrected chi connectivity index (χ1v) is 8.76. The Morgan fingerprint density at radius 2 is 2.22 bits per heavy atom. The van der Waals surface area contributed by atoms with Gasteiger partial charge in [-0.05, 0) is 31.2 Å². The molecular formula is C17H21N3O2S. The summed E-state index contributed by atoms with van der Waals surface area (Å²) in [4.78, 5) is 23.3. The number of amides is 1. The molecule has 0 N–H and O–H groups in total. The van der Waals surface area contributed by atoms with Crippen LogP contribution in [0, 0.1) is 6.92 Å². The lowest BCUT2D eigenvalue weighted by Crippen LogP contribution is -2.38. The van der Waals surface area contributed by atoms with Crippen molar-refractivity contribution in [2.75, 3.05) is 20.2 Å². The third-order valence-corrected chi connectivity index (χ3v) is 4.94. The Hall–Kier alpha value is -1.79. The Morgan fingerprint density at radius 1 is 1.43 bits per heavy atom. The van der Waals surface area contributed by atoms with Crippen molar-refractivity contribution in [3.05, 3.63) is 45.7 Å². The zero-order valence-electron chi connectivity index (χ0n) is 13.5. The minimum Gasteiger partial charge on any atom is -0.380 e. The van der Waals surface area contributed by atoms with Crippen LogP contribution >= 0.6 is 11.3 Å². The van der Waals surface area contributed by atoms with Crippen molar-refractivity contribution in [1.82, 2.24) is 14.9 Å². The third kappa shape index (κ3) is 3.59. The Bertz CT molecular complexity index is 664. The van der Waals surface area contributed by atoms with Crippen molar-refractivity contribution in [3.8, 4) is 0 Å². The van der Waals surface area contributed by atoms with Crippen molar-refractivity contribution in [1.29, 1.82) is 0 Å². The summed E-state index contributed by atoms with van der Waals surface area (Å²) in [5.74, 6) is 1.30. The molecule has 0 aliphatic carbocycles. The molecule has 0 spiro atoms. The molecule has 0 bridgehead atoms. The SMILES string of the molecule is COCc1cnc(C)nc1C1CCN(C(=O)c2ccsc2)CC1. The van der Waals surface area contributed by atoms with Crippen LogP contribution in [0.25, 0.3) is 0 Å². The molecule has 122 valence electrons. The number of thiophene rings is 1. The number of methoxy groups -OCH3 is 1. The van der Waals surface area contributed by atoms with Gasteiger partial charge in [0.15, 0.2) is 0 Å². The van der Waals surface area contributed by atoms with Crippen molar-refractivity contribution in [2.24, 2.45) is 0 Å². The minimum atomic E-state index is 0.140. The van der Waals surface area contributed by atoms with E-state index in [4.69, 9.17) is 4.74 Å². The highest BCUT2D eigenvalue weighted by Gasteiger charge is 2.27. The molecule has 3 rings (SSSR count). The molecular weight excluding hydrogens is 310 g/mol. The fourth-order valence-corrected chi connectivity index (χ4v) is 3.69. The van der Waals surface area contributed by atoms with Gasteiger partial charge in [-0.25, -0.2) is 9.97 Å². The quantitative estimate of drug-likeness (QED) is 0.864. The molecule has 1 amide bonds. The molecule has 2 aromatic heterocycles. The second-order valence-electron chi connectivity index (χ2n) is 5.84. The highest BCUT2D eigenvalue weighted by molar-refractivity contribution is 7.08. The van der Waals surface area contributed by atoms with Gasteiger partial charge in [0, 0.05) is 43.3 Å². The van der Waals surface area contributed by atoms with E-state index in [1.165, 1.54) is 0 Å². The second kappa shape index (κ2) is 7.19. The van der Waals surface area contributed by atoms with Crippen LogP contribution in [-0.4, -0.2) is 41.0 Å². The highest BCUT2D eigenvalue weighted by Crippen LogP contribution is 2.30. The van der Waals surface area contributed by atoms with Crippen molar-refractivity contribution in [2.45, 2.75) is 32.3 Å². The van der Waals surface area contributed by atoms with Gasteiger partial charge in [-0.2, -0.15) is 11.3 Å². The van der Waals surface area contributed by atoms with E-state index in [1.807, 2.05) is 34.8 Å². The number of aromatic nitrogens is 2. The van der Waals surface area contributed by atoms with Gasteiger partial charge in [-0.3, -0.25) is 4.79 Å². The van der Waals surface area contributed by atoms with Gasteiger partial charge >= 0.3 is 0 Å². The molecule has 1 fully saturated rings. The first-order chi connectivity index (χ1) is 11.2. The monoisotopic (exact) mass is 331 g/mol. The molecule has 0 saturated carbocycles. The number of likely N-dealkylation sites (tertiary alicyclic amines) is 1. The average molecular weight is 331 g/mol. The molecule has 1 saturated heterocycles. The molecule has 5 nitrogen and oxygen atoms in total. The molecule has 2 aromatic rings. The van der Waals surface area contributed by atoms with Crippen LogP contribution in [0.3, 0.4) is 0 Å². The van der Waals surface area contributed by atoms with Crippen LogP contribution in [0.1, 0.15) is 46.2 Å². The minimum absolute atomic E-state index is 0.140. The van der Waals surface area contributed by atoms with Gasteiger partial charge in [0.1, 0.15) is 5.82 Å². The molecule has 0 unspecified atom stereocenters. The summed E-state index contributed by atoms with van der Waals surface area (Å²) in [6, 6.07) is 1.89. The summed E-state index contributed by atoms with van der Waals surface area (Å²) >= 11 is 1.56. The zero-order valence-corrected chi connectivity index (χ0v) is 14.3. The van der Waals surface area contributed by atoms with Crippen molar-refractivity contribution in [3.63, 3.8) is 0 Å². The molecule has 23 heavy (non-hydrogen) atoms. The summed E-state index contributed by atoms with van der Waals surface area (Å²) in [5, 5.41) is 3.86. The molecule has 0 radical (unpaired) electrons. The maximum absolute atomic E-state index is 12.4. The number of carbonyl (C=O) groups is 1. The van der Waals surface area contributed by atoms with E-state index in [0.717, 1.165) is 48.6 Å². The summed E-state index contributed by atoms with van der Waals surface area (Å²) in [6.45, 7) is 3.99. The van der Waals surface area contributed by atoms with Gasteiger partial charge in [-0.1, -0.05) is 0 Å². The number of aryl methyl sites for hydroxylation is 1. The largest absolute Gasteiger partial charge is 0.380 e. The topological polar surface area (TPSA) is 55.3 Å². The van der Waals surface area contributed by atoms with Crippen LogP contribution in [0.5, 0.6) is 0 Å². The van der Waals surface area contributed by atoms with E-state index in [1.54, 1.807) is 18.4 Å². The molecule has 0 aromatic carbocycles. The van der Waals surface area contributed by atoms with E-state index in [9.17, 15) is 4.79 Å². The number of carbonyl (C=O) groups excluding carboxylic acids is 1. The smallest absolute Gasteiger partial charge is 0.254 e. The molecule has 1 aliphatic rings. The fourth-order valence-electron chi connectivity index (χ4n) is 3.06. The lowest BCUT2D eigenvalue weighted by atomic mass is 9.90. The number of rotatable bonds is 4. The molecule has 3 heterocycles. The highest BCUT2D eigenvalue weighted by atomic mass is 32.1. The maximum atomic E-state index is 12.4. The summed E-state index contributed by atoms with van der Waals surface area (Å²) in [6.07, 6.45) is 3.73. The van der Waals surface area contributed by atoms with Crippen molar-refractivity contribution < 1.29 is 9.53 Å². The summed E-state index contributed by atoms with van der Waals surface area (Å²) in [5.41, 5.74) is 2.94. The normalized spacial score (nSPS) is 15.8. The van der Waals surface area contributed by atoms with Crippen LogP contribution in [0.15, 0.2) is 23.0 Å². The standard InChI is InChI=1S/C17H21N3O2S/c1-12-18-9-15(10-22-2)16(19-12)13-3-6-20(7-4-13)17(21)14-5-8-23-11-14/h5,8-9,11,13H,3-4,6-7,10H2,1-2H3. The lowest BCUT2D eigenvalue weighted by molar-refractivity contribution is 0.0711. The number of hydrogen-bond acceptors (Lipinski definition) is 5. The molecule has 6 heteroatoms. The number of ether oxygens (including phenoxy) is 1. The molecule has 0 atom stereocenters. The number of nitrogens with zero attached hydrogens (tertiary/aromatic N) is 3. The fraction of sp³-hybridized carbons (Fsp3) is 0.471. The third-order valence-electron chi connectivity index (χ3n) is 4.26. The van der Waals surface area contributed by atoms with E-state index in [2.05, 4.69) is 9.97 Å². The Kier molecular flexibility index (Phi) is 5.03. The van der Waals surface area contributed by atoms with E-state index >= 15 is 0 Å².